The van der Waals surface area contributed by atoms with Crippen molar-refractivity contribution >= 4 is 17.7 Å². The third-order valence-corrected chi connectivity index (χ3v) is 4.80. The molecule has 0 saturated carbocycles. The highest BCUT2D eigenvalue weighted by Crippen LogP contribution is 2.42. The first-order valence-corrected chi connectivity index (χ1v) is 9.81. The maximum atomic E-state index is 14.4. The lowest BCUT2D eigenvalue weighted by Gasteiger charge is -2.20. The van der Waals surface area contributed by atoms with Crippen LogP contribution in [0.4, 0.5) is 14.6 Å². The number of aliphatic hydroxyl groups is 1. The van der Waals surface area contributed by atoms with E-state index in [0.717, 1.165) is 25.1 Å². The van der Waals surface area contributed by atoms with Gasteiger partial charge in [-0.2, -0.15) is 13.8 Å². The summed E-state index contributed by atoms with van der Waals surface area (Å²) in [6, 6.07) is 1.14. The van der Waals surface area contributed by atoms with E-state index in [0.29, 0.717) is 23.8 Å². The number of hydrogen-bond acceptors (Lipinski definition) is 9. The Labute approximate surface area is 176 Å². The smallest absolute Gasteiger partial charge is 0.351 e. The topological polar surface area (TPSA) is 166 Å². The molecule has 1 amide bonds. The molecule has 1 aromatic rings. The molecule has 2 heterocycles. The van der Waals surface area contributed by atoms with E-state index in [2.05, 4.69) is 4.98 Å². The van der Waals surface area contributed by atoms with Crippen LogP contribution in [0.5, 0.6) is 0 Å². The van der Waals surface area contributed by atoms with Crippen molar-refractivity contribution in [1.82, 2.24) is 15.0 Å². The van der Waals surface area contributed by atoms with Crippen molar-refractivity contribution in [2.24, 2.45) is 0 Å². The second kappa shape index (κ2) is 11.1. The lowest BCUT2D eigenvalue weighted by molar-refractivity contribution is -0.150. The van der Waals surface area contributed by atoms with Crippen LogP contribution in [0.15, 0.2) is 17.1 Å². The number of aromatic nitrogens is 2. The minimum atomic E-state index is -3.81. The van der Waals surface area contributed by atoms with Crippen LogP contribution in [0.1, 0.15) is 51.2 Å². The van der Waals surface area contributed by atoms with Gasteiger partial charge >= 0.3 is 17.6 Å². The Morgan fingerprint density at radius 1 is 1.26 bits per heavy atom. The first kappa shape index (κ1) is 24.6. The lowest BCUT2D eigenvalue weighted by Crippen LogP contribution is -2.42. The number of rotatable bonds is 11. The number of carbonyl (C=O) groups excluding carboxylic acids is 2. The van der Waals surface area contributed by atoms with E-state index in [-0.39, 0.29) is 18.7 Å². The summed E-state index contributed by atoms with van der Waals surface area (Å²) in [7, 11) is 0. The molecule has 1 saturated heterocycles. The molecule has 0 spiro atoms. The first-order valence-electron chi connectivity index (χ1n) is 9.81. The lowest BCUT2D eigenvalue weighted by atomic mass is 10.1. The van der Waals surface area contributed by atoms with Crippen molar-refractivity contribution in [2.45, 2.75) is 69.3 Å². The molecule has 11 nitrogen and oxygen atoms in total. The fourth-order valence-corrected chi connectivity index (χ4v) is 3.10. The van der Waals surface area contributed by atoms with Crippen molar-refractivity contribution in [3.8, 4) is 0 Å². The number of nitrogen functional groups attached to an aromatic ring is 1. The van der Waals surface area contributed by atoms with Gasteiger partial charge in [-0.25, -0.2) is 10.3 Å². The first-order chi connectivity index (χ1) is 14.7. The summed E-state index contributed by atoms with van der Waals surface area (Å²) in [5.41, 5.74) is 5.82. The molecule has 0 bridgehead atoms. The fraction of sp³-hybridized carbons (Fsp3) is 0.667. The maximum absolute atomic E-state index is 14.4. The van der Waals surface area contributed by atoms with Gasteiger partial charge in [-0.15, -0.1) is 0 Å². The molecule has 13 heteroatoms. The molecule has 5 N–H and O–H groups in total. The Bertz CT molecular complexity index is 820. The van der Waals surface area contributed by atoms with Crippen LogP contribution in [-0.4, -0.2) is 56.5 Å². The Balaban J connectivity index is 1.75. The molecule has 2 rings (SSSR count). The summed E-state index contributed by atoms with van der Waals surface area (Å²) in [5.74, 6) is -5.05. The Morgan fingerprint density at radius 2 is 1.90 bits per heavy atom. The van der Waals surface area contributed by atoms with Crippen molar-refractivity contribution in [3.05, 3.63) is 22.7 Å². The molecule has 1 aliphatic heterocycles. The number of anilines is 1. The second-order valence-electron chi connectivity index (χ2n) is 7.17. The summed E-state index contributed by atoms with van der Waals surface area (Å²) in [6.07, 6.45) is -1.33. The molecule has 174 valence electrons. The summed E-state index contributed by atoms with van der Waals surface area (Å²) in [5, 5.41) is 18.3. The molecule has 0 unspecified atom stereocenters. The predicted molar refractivity (Wildman–Crippen MR) is 101 cm³/mol. The van der Waals surface area contributed by atoms with Crippen LogP contribution in [0, 0.1) is 0 Å². The van der Waals surface area contributed by atoms with Crippen molar-refractivity contribution in [2.75, 3.05) is 12.3 Å². The van der Waals surface area contributed by atoms with Crippen molar-refractivity contribution in [3.63, 3.8) is 0 Å². The number of alkyl halides is 2. The molecule has 1 aromatic heterocycles. The highest BCUT2D eigenvalue weighted by atomic mass is 19.3. The fourth-order valence-electron chi connectivity index (χ4n) is 3.10. The van der Waals surface area contributed by atoms with Gasteiger partial charge in [0.15, 0.2) is 6.10 Å². The molecule has 1 aliphatic rings. The summed E-state index contributed by atoms with van der Waals surface area (Å²) < 4.78 is 39.3. The van der Waals surface area contributed by atoms with E-state index in [9.17, 15) is 28.3 Å². The average molecular weight is 448 g/mol. The highest BCUT2D eigenvalue weighted by molar-refractivity contribution is 5.74. The third-order valence-electron chi connectivity index (χ3n) is 4.80. The van der Waals surface area contributed by atoms with Crippen LogP contribution in [0.2, 0.25) is 0 Å². The molecule has 0 aromatic carbocycles. The zero-order chi connectivity index (χ0) is 23.0. The number of unbranched alkanes of at least 4 members (excludes halogenated alkanes) is 4. The quantitative estimate of drug-likeness (QED) is 0.163. The molecule has 31 heavy (non-hydrogen) atoms. The van der Waals surface area contributed by atoms with Gasteiger partial charge in [0.1, 0.15) is 18.5 Å². The predicted octanol–water partition coefficient (Wildman–Crippen LogP) is 0.498. The van der Waals surface area contributed by atoms with Gasteiger partial charge in [0.05, 0.1) is 0 Å². The van der Waals surface area contributed by atoms with Gasteiger partial charge in [0.25, 0.3) is 0 Å². The molecular formula is C18H26F2N4O7. The third kappa shape index (κ3) is 6.67. The second-order valence-corrected chi connectivity index (χ2v) is 7.17. The summed E-state index contributed by atoms with van der Waals surface area (Å²) >= 11 is 0. The van der Waals surface area contributed by atoms with E-state index in [4.69, 9.17) is 20.4 Å². The van der Waals surface area contributed by atoms with Gasteiger partial charge in [-0.3, -0.25) is 19.4 Å². The number of esters is 1. The van der Waals surface area contributed by atoms with E-state index < -0.39 is 48.5 Å². The van der Waals surface area contributed by atoms with Gasteiger partial charge in [0, 0.05) is 19.0 Å². The molecule has 1 fully saturated rings. The molecule has 0 radical (unpaired) electrons. The molecule has 0 aliphatic carbocycles. The number of nitrogens with zero attached hydrogens (tertiary/aromatic N) is 2. The number of nitrogens with two attached hydrogens (primary N) is 1. The van der Waals surface area contributed by atoms with Crippen LogP contribution in [-0.2, 0) is 19.1 Å². The summed E-state index contributed by atoms with van der Waals surface area (Å²) in [6.45, 7) is -0.598. The van der Waals surface area contributed by atoms with E-state index in [1.54, 1.807) is 5.48 Å². The number of hydrogen-bond donors (Lipinski definition) is 4. The molecule has 3 atom stereocenters. The van der Waals surface area contributed by atoms with E-state index >= 15 is 0 Å². The molecular weight excluding hydrogens is 422 g/mol. The number of carbonyl (C=O) groups is 2. The number of ether oxygens (including phenoxy) is 2. The van der Waals surface area contributed by atoms with Crippen LogP contribution >= 0.6 is 0 Å². The van der Waals surface area contributed by atoms with E-state index in [1.807, 2.05) is 0 Å². The highest BCUT2D eigenvalue weighted by Gasteiger charge is 2.60. The van der Waals surface area contributed by atoms with Crippen LogP contribution < -0.4 is 16.9 Å². The largest absolute Gasteiger partial charge is 0.463 e. The Morgan fingerprint density at radius 3 is 2.55 bits per heavy atom. The SMILES string of the molecule is Nc1ccn([C@@H]2O[C@H](COC(=O)CCCCCCCC(=O)NO)[C@@H](O)C2(F)F)c(=O)n1. The Hall–Kier alpha value is -2.64. The number of amides is 1. The zero-order valence-electron chi connectivity index (χ0n) is 16.7. The zero-order valence-corrected chi connectivity index (χ0v) is 16.7. The minimum Gasteiger partial charge on any atom is -0.463 e. The Kier molecular flexibility index (Phi) is 8.83. The van der Waals surface area contributed by atoms with Gasteiger partial charge in [0.2, 0.25) is 12.1 Å². The van der Waals surface area contributed by atoms with Crippen molar-refractivity contribution < 1.29 is 38.2 Å². The van der Waals surface area contributed by atoms with Gasteiger partial charge in [-0.05, 0) is 18.9 Å². The standard InChI is InChI=1S/C18H26F2N4O7/c19-18(20)15(27)11(31-16(18)24-9-8-12(21)22-17(24)28)10-30-14(26)7-5-3-1-2-4-6-13(25)23-29/h8-9,11,15-16,27,29H,1-7,10H2,(H,23,25)(H2,21,22,28)/t11-,15-,16-/m1/s1. The maximum Gasteiger partial charge on any atom is 0.351 e. The average Bonchev–Trinajstić information content (AvgIpc) is 2.94. The number of aliphatic hydroxyl groups excluding tert-OH is 1. The van der Waals surface area contributed by atoms with Crippen molar-refractivity contribution in [1.29, 1.82) is 0 Å². The number of nitrogens with one attached hydrogen (secondary N) is 1. The monoisotopic (exact) mass is 448 g/mol. The van der Waals surface area contributed by atoms with Crippen LogP contribution in [0.3, 0.4) is 0 Å². The number of halogens is 2. The normalized spacial score (nSPS) is 22.3. The van der Waals surface area contributed by atoms with Crippen LogP contribution in [0.25, 0.3) is 0 Å². The summed E-state index contributed by atoms with van der Waals surface area (Å²) in [4.78, 5) is 37.8. The number of hydroxylamine groups is 1. The van der Waals surface area contributed by atoms with E-state index in [1.165, 1.54) is 0 Å². The minimum absolute atomic E-state index is 0.0566. The van der Waals surface area contributed by atoms with Gasteiger partial charge in [-0.1, -0.05) is 19.3 Å². The van der Waals surface area contributed by atoms with Gasteiger partial charge < -0.3 is 20.3 Å².